The van der Waals surface area contributed by atoms with Gasteiger partial charge in [0.05, 0.1) is 26.2 Å². The number of nitrogens with zero attached hydrogens (tertiary/aromatic N) is 4. The van der Waals surface area contributed by atoms with Crippen molar-refractivity contribution in [2.24, 2.45) is 0 Å². The van der Waals surface area contributed by atoms with Gasteiger partial charge in [0.15, 0.2) is 17.0 Å². The fourth-order valence-corrected chi connectivity index (χ4v) is 3.34. The van der Waals surface area contributed by atoms with Crippen LogP contribution in [0.5, 0.6) is 11.5 Å². The van der Waals surface area contributed by atoms with Gasteiger partial charge in [-0.1, -0.05) is 6.42 Å². The topological polar surface area (TPSA) is 83.3 Å². The number of rotatable bonds is 5. The van der Waals surface area contributed by atoms with Crippen molar-refractivity contribution >= 4 is 22.7 Å². The van der Waals surface area contributed by atoms with Crippen LogP contribution in [0.2, 0.25) is 0 Å². The number of methoxy groups -OCH3 is 2. The summed E-state index contributed by atoms with van der Waals surface area (Å²) in [7, 11) is 3.13. The third-order valence-corrected chi connectivity index (χ3v) is 4.77. The average molecular weight is 387 g/mol. The van der Waals surface area contributed by atoms with Crippen LogP contribution in [0, 0.1) is 6.08 Å². The van der Waals surface area contributed by atoms with Gasteiger partial charge < -0.3 is 19.5 Å². The van der Waals surface area contributed by atoms with Gasteiger partial charge in [0.2, 0.25) is 0 Å². The van der Waals surface area contributed by atoms with Crippen molar-refractivity contribution < 1.29 is 18.6 Å². The number of imidazole rings is 1. The van der Waals surface area contributed by atoms with Crippen molar-refractivity contribution in [3.8, 4) is 11.5 Å². The summed E-state index contributed by atoms with van der Waals surface area (Å²) >= 11 is 0. The molecule has 3 aromatic rings. The van der Waals surface area contributed by atoms with E-state index in [2.05, 4.69) is 20.3 Å². The lowest BCUT2D eigenvalue weighted by molar-refractivity contribution is 0.00928. The molecular formula is C19H22FN5O3. The molecule has 28 heavy (non-hydrogen) atoms. The van der Waals surface area contributed by atoms with E-state index in [0.29, 0.717) is 35.0 Å². The van der Waals surface area contributed by atoms with E-state index in [1.54, 1.807) is 43.3 Å². The van der Waals surface area contributed by atoms with Crippen molar-refractivity contribution in [3.05, 3.63) is 30.6 Å². The van der Waals surface area contributed by atoms with Crippen LogP contribution in [0.4, 0.5) is 15.9 Å². The molecule has 4 rings (SSSR count). The maximum Gasteiger partial charge on any atom is 0.312 e. The molecule has 0 aliphatic carbocycles. The lowest BCUT2D eigenvalue weighted by Gasteiger charge is -2.17. The van der Waals surface area contributed by atoms with E-state index < -0.39 is 6.08 Å². The maximum atomic E-state index is 14.2. The van der Waals surface area contributed by atoms with Crippen LogP contribution in [0.3, 0.4) is 0 Å². The molecule has 1 N–H and O–H groups in total. The first kappa shape index (κ1) is 18.4. The van der Waals surface area contributed by atoms with Crippen LogP contribution < -0.4 is 14.8 Å². The Morgan fingerprint density at radius 1 is 1.18 bits per heavy atom. The molecule has 0 bridgehead atoms. The molecule has 1 atom stereocenters. The van der Waals surface area contributed by atoms with Crippen LogP contribution in [0.25, 0.3) is 11.2 Å². The molecule has 1 aliphatic rings. The first-order valence-electron chi connectivity index (χ1n) is 9.20. The number of anilines is 2. The van der Waals surface area contributed by atoms with Gasteiger partial charge in [-0.3, -0.25) is 4.57 Å². The van der Waals surface area contributed by atoms with E-state index in [9.17, 15) is 4.39 Å². The molecule has 1 saturated heterocycles. The quantitative estimate of drug-likeness (QED) is 0.667. The monoisotopic (exact) mass is 387 g/mol. The van der Waals surface area contributed by atoms with Gasteiger partial charge in [0.1, 0.15) is 17.7 Å². The Balaban J connectivity index is 1.72. The summed E-state index contributed by atoms with van der Waals surface area (Å²) in [6.07, 6.45) is 4.62. The van der Waals surface area contributed by atoms with Crippen LogP contribution >= 0.6 is 0 Å². The van der Waals surface area contributed by atoms with Gasteiger partial charge in [-0.25, -0.2) is 4.98 Å². The summed E-state index contributed by atoms with van der Waals surface area (Å²) in [5, 5.41) is 3.10. The lowest BCUT2D eigenvalue weighted by atomic mass is 10.2. The van der Waals surface area contributed by atoms with Crippen LogP contribution in [-0.4, -0.2) is 40.3 Å². The minimum atomic E-state index is -0.835. The van der Waals surface area contributed by atoms with E-state index in [4.69, 9.17) is 14.2 Å². The number of hydrogen-bond donors (Lipinski definition) is 1. The van der Waals surface area contributed by atoms with Gasteiger partial charge in [-0.05, 0) is 31.4 Å². The van der Waals surface area contributed by atoms with E-state index in [1.165, 1.54) is 0 Å². The summed E-state index contributed by atoms with van der Waals surface area (Å²) in [6, 6.07) is 5.28. The number of aromatic nitrogens is 4. The van der Waals surface area contributed by atoms with E-state index in [0.717, 1.165) is 25.7 Å². The average Bonchev–Trinajstić information content (AvgIpc) is 2.94. The highest BCUT2D eigenvalue weighted by Crippen LogP contribution is 2.33. The van der Waals surface area contributed by atoms with Gasteiger partial charge in [-0.15, -0.1) is 0 Å². The molecule has 8 nitrogen and oxygen atoms in total. The smallest absolute Gasteiger partial charge is 0.312 e. The zero-order chi connectivity index (χ0) is 19.5. The Kier molecular flexibility index (Phi) is 5.25. The van der Waals surface area contributed by atoms with Crippen molar-refractivity contribution in [2.45, 2.75) is 31.9 Å². The maximum absolute atomic E-state index is 14.2. The normalized spacial score (nSPS) is 17.3. The molecular weight excluding hydrogens is 365 g/mol. The standard InChI is InChI=1S/C19H22FN5O3/c1-26-12-7-8-13(14(10-12)27-2)22-17-16-18(24-19(20)23-17)25(11-21-16)15-6-4-3-5-9-28-15/h7-8,10-11,15H,3-6,9H2,1-2H3,(H,22,23,24). The van der Waals surface area contributed by atoms with Crippen molar-refractivity contribution in [1.82, 2.24) is 19.5 Å². The van der Waals surface area contributed by atoms with Gasteiger partial charge in [-0.2, -0.15) is 14.4 Å². The Labute approximate surface area is 161 Å². The fourth-order valence-electron chi connectivity index (χ4n) is 3.34. The molecule has 2 aromatic heterocycles. The zero-order valence-corrected chi connectivity index (χ0v) is 15.8. The van der Waals surface area contributed by atoms with Crippen LogP contribution in [-0.2, 0) is 4.74 Å². The first-order valence-corrected chi connectivity index (χ1v) is 9.20. The molecule has 0 spiro atoms. The van der Waals surface area contributed by atoms with Gasteiger partial charge in [0, 0.05) is 12.7 Å². The second kappa shape index (κ2) is 7.97. The summed E-state index contributed by atoms with van der Waals surface area (Å²) in [6.45, 7) is 0.673. The molecule has 0 saturated carbocycles. The second-order valence-corrected chi connectivity index (χ2v) is 6.53. The Hall–Kier alpha value is -2.94. The predicted molar refractivity (Wildman–Crippen MR) is 102 cm³/mol. The minimum Gasteiger partial charge on any atom is -0.497 e. The highest BCUT2D eigenvalue weighted by atomic mass is 19.1. The third-order valence-electron chi connectivity index (χ3n) is 4.77. The molecule has 148 valence electrons. The second-order valence-electron chi connectivity index (χ2n) is 6.53. The van der Waals surface area contributed by atoms with Gasteiger partial charge in [0.25, 0.3) is 0 Å². The lowest BCUT2D eigenvalue weighted by Crippen LogP contribution is -2.12. The summed E-state index contributed by atoms with van der Waals surface area (Å²) in [4.78, 5) is 12.3. The minimum absolute atomic E-state index is 0.204. The van der Waals surface area contributed by atoms with E-state index in [-0.39, 0.29) is 12.0 Å². The molecule has 1 fully saturated rings. The van der Waals surface area contributed by atoms with Crippen LogP contribution in [0.1, 0.15) is 31.9 Å². The largest absolute Gasteiger partial charge is 0.497 e. The number of halogens is 1. The molecule has 9 heteroatoms. The Morgan fingerprint density at radius 2 is 2.07 bits per heavy atom. The number of fused-ring (bicyclic) bond motifs is 1. The number of hydrogen-bond acceptors (Lipinski definition) is 7. The first-order chi connectivity index (χ1) is 13.7. The number of nitrogens with one attached hydrogen (secondary N) is 1. The summed E-state index contributed by atoms with van der Waals surface area (Å²) in [5.41, 5.74) is 1.48. The highest BCUT2D eigenvalue weighted by molar-refractivity contribution is 5.86. The van der Waals surface area contributed by atoms with E-state index in [1.807, 2.05) is 0 Å². The molecule has 3 heterocycles. The molecule has 1 aromatic carbocycles. The van der Waals surface area contributed by atoms with Gasteiger partial charge >= 0.3 is 6.08 Å². The highest BCUT2D eigenvalue weighted by Gasteiger charge is 2.21. The summed E-state index contributed by atoms with van der Waals surface area (Å²) < 4.78 is 32.5. The number of ether oxygens (including phenoxy) is 3. The molecule has 1 aliphatic heterocycles. The molecule has 0 radical (unpaired) electrons. The van der Waals surface area contributed by atoms with Crippen molar-refractivity contribution in [2.75, 3.05) is 26.1 Å². The fraction of sp³-hybridized carbons (Fsp3) is 0.421. The predicted octanol–water partition coefficient (Wildman–Crippen LogP) is 3.82. The molecule has 0 amide bonds. The summed E-state index contributed by atoms with van der Waals surface area (Å²) in [5.74, 6) is 1.45. The Morgan fingerprint density at radius 3 is 2.89 bits per heavy atom. The van der Waals surface area contributed by atoms with E-state index >= 15 is 0 Å². The van der Waals surface area contributed by atoms with Crippen LogP contribution in [0.15, 0.2) is 24.5 Å². The van der Waals surface area contributed by atoms with Crippen molar-refractivity contribution in [3.63, 3.8) is 0 Å². The number of benzene rings is 1. The third kappa shape index (κ3) is 3.57. The molecule has 1 unspecified atom stereocenters. The SMILES string of the molecule is COc1ccc(Nc2nc(F)nc3c2ncn3C2CCCCCO2)c(OC)c1. The Bertz CT molecular complexity index is 970. The van der Waals surface area contributed by atoms with Crippen molar-refractivity contribution in [1.29, 1.82) is 0 Å². The zero-order valence-electron chi connectivity index (χ0n) is 15.8.